The number of aryl methyl sites for hydroxylation is 2. The first kappa shape index (κ1) is 39.2. The summed E-state index contributed by atoms with van der Waals surface area (Å²) in [5.74, 6) is 1.08. The summed E-state index contributed by atoms with van der Waals surface area (Å²) in [6, 6.07) is 14.7. The number of rotatable bonds is 6. The van der Waals surface area contributed by atoms with Crippen molar-refractivity contribution < 1.29 is 5.76 Å². The van der Waals surface area contributed by atoms with Gasteiger partial charge in [-0.25, -0.2) is 14.6 Å². The summed E-state index contributed by atoms with van der Waals surface area (Å²) >= 11 is 18.2. The van der Waals surface area contributed by atoms with Crippen LogP contribution in [-0.4, -0.2) is 44.5 Å². The molecule has 0 N–H and O–H groups in total. The van der Waals surface area contributed by atoms with Crippen molar-refractivity contribution in [3.05, 3.63) is 123 Å². The van der Waals surface area contributed by atoms with Crippen LogP contribution < -0.4 is 22.5 Å². The highest BCUT2D eigenvalue weighted by molar-refractivity contribution is 6.31. The van der Waals surface area contributed by atoms with Crippen LogP contribution in [-0.2, 0) is 27.2 Å². The molecule has 0 aliphatic heterocycles. The maximum absolute atomic E-state index is 13.1. The molecule has 0 bridgehead atoms. The fourth-order valence-corrected chi connectivity index (χ4v) is 7.69. The molecule has 54 heavy (non-hydrogen) atoms. The minimum Gasteiger partial charge on any atom is -0.320 e. The molecule has 4 heterocycles. The highest BCUT2D eigenvalue weighted by Crippen LogP contribution is 2.36. The molecule has 0 saturated heterocycles. The van der Waals surface area contributed by atoms with Crippen LogP contribution in [0.15, 0.2) is 74.0 Å². The van der Waals surface area contributed by atoms with Crippen molar-refractivity contribution in [3.8, 4) is 0 Å². The zero-order valence-electron chi connectivity index (χ0n) is 30.7. The Kier molecular flexibility index (Phi) is 12.0. The summed E-state index contributed by atoms with van der Waals surface area (Å²) in [5.41, 5.74) is 2.31. The fourth-order valence-electron chi connectivity index (χ4n) is 7.21. The second-order valence-corrected chi connectivity index (χ2v) is 15.1. The van der Waals surface area contributed by atoms with Gasteiger partial charge in [-0.1, -0.05) is 68.7 Å². The number of alkyl halides is 1. The summed E-state index contributed by atoms with van der Waals surface area (Å²) in [7, 11) is 2.29. The maximum atomic E-state index is 13.1. The normalized spacial score (nSPS) is 19.1. The predicted octanol–water partition coefficient (Wildman–Crippen LogP) is 7.01. The number of hydrogen-bond acceptors (Lipinski definition) is 6. The van der Waals surface area contributed by atoms with Crippen molar-refractivity contribution in [3.63, 3.8) is 0 Å². The van der Waals surface area contributed by atoms with E-state index in [1.54, 1.807) is 41.7 Å². The van der Waals surface area contributed by atoms with E-state index < -0.39 is 7.15 Å². The van der Waals surface area contributed by atoms with Crippen molar-refractivity contribution >= 4 is 57.1 Å². The molecule has 12 nitrogen and oxygen atoms in total. The molecule has 288 valence electrons. The summed E-state index contributed by atoms with van der Waals surface area (Å²) in [6.07, 6.45) is 5.02. The van der Waals surface area contributed by atoms with Gasteiger partial charge < -0.3 is 9.13 Å². The number of benzene rings is 2. The molecule has 2 aliphatic rings. The first-order valence-corrected chi connectivity index (χ1v) is 18.2. The summed E-state index contributed by atoms with van der Waals surface area (Å²) in [4.78, 5) is 60.0. The zero-order chi connectivity index (χ0) is 39.0. The van der Waals surface area contributed by atoms with Gasteiger partial charge in [0, 0.05) is 42.8 Å². The second kappa shape index (κ2) is 16.5. The lowest BCUT2D eigenvalue weighted by molar-refractivity contribution is 0.204. The van der Waals surface area contributed by atoms with E-state index in [0.717, 1.165) is 36.8 Å². The molecule has 16 heteroatoms. The summed E-state index contributed by atoms with van der Waals surface area (Å²) < 4.78 is 24.6. The lowest BCUT2D eigenvalue weighted by atomic mass is 9.82. The van der Waals surface area contributed by atoms with Crippen molar-refractivity contribution in [2.75, 3.05) is 7.15 Å². The number of aromatic nitrogens is 8. The first-order chi connectivity index (χ1) is 25.7. The fraction of sp³-hybridized carbons (Fsp3) is 0.421. The van der Waals surface area contributed by atoms with Crippen LogP contribution in [0.3, 0.4) is 0 Å². The molecule has 0 unspecified atom stereocenters. The van der Waals surface area contributed by atoms with Crippen LogP contribution in [0.5, 0.6) is 0 Å². The molecule has 0 amide bonds. The number of nitrogens with zero attached hydrogens (tertiary/aromatic N) is 8. The molecule has 6 aromatic rings. The Labute approximate surface area is 327 Å². The van der Waals surface area contributed by atoms with Crippen LogP contribution in [0, 0.1) is 11.8 Å². The van der Waals surface area contributed by atoms with Crippen LogP contribution in [0.25, 0.3) is 22.3 Å². The minimum atomic E-state index is -1.00. The third kappa shape index (κ3) is 7.58. The average Bonchev–Trinajstić information content (AvgIpc) is 3.68. The second-order valence-electron chi connectivity index (χ2n) is 13.9. The molecule has 2 aliphatic carbocycles. The average molecular weight is 803 g/mol. The number of halogens is 4. The van der Waals surface area contributed by atoms with Gasteiger partial charge in [-0.3, -0.25) is 32.2 Å². The topological polar surface area (TPSA) is 124 Å². The monoisotopic (exact) mass is 801 g/mol. The van der Waals surface area contributed by atoms with E-state index in [1.165, 1.54) is 18.3 Å². The van der Waals surface area contributed by atoms with Crippen LogP contribution >= 0.6 is 34.8 Å². The summed E-state index contributed by atoms with van der Waals surface area (Å²) in [6.45, 7) is 5.13. The van der Waals surface area contributed by atoms with Gasteiger partial charge in [0.05, 0.1) is 21.4 Å². The van der Waals surface area contributed by atoms with E-state index >= 15 is 0 Å². The standard InChI is InChI=1S/C18H18Cl2N4O2.C18H19ClN4O2.CH3F.CH4/c1-10-7-13(8-10)24-16(25)14-15(22(2)18(24)26)21-17(20)23(14)9-11-3-5-12(19)6-4-11;1-11-7-14(8-11)23-17(24)15-16(21(2)18(23)25)20-10-22(15)9-12-3-5-13(19)6-4-12;1-2;/h3-6,10,13H,7-9H2,1-2H3;3-6,10-11,14H,7-9H2,1-2H3;1H3;1H4/i;;1D;. The van der Waals surface area contributed by atoms with Crippen molar-refractivity contribution in [1.29, 1.82) is 0 Å². The number of fused-ring (bicyclic) bond motifs is 2. The van der Waals surface area contributed by atoms with Crippen molar-refractivity contribution in [2.24, 2.45) is 25.9 Å². The van der Waals surface area contributed by atoms with Gasteiger partial charge in [-0.15, -0.1) is 0 Å². The Balaban J connectivity index is 0.000000194. The van der Waals surface area contributed by atoms with E-state index in [2.05, 4.69) is 23.8 Å². The highest BCUT2D eigenvalue weighted by Gasteiger charge is 2.32. The third-order valence-corrected chi connectivity index (χ3v) is 10.9. The molecule has 4 aromatic heterocycles. The Morgan fingerprint density at radius 3 is 1.61 bits per heavy atom. The van der Waals surface area contributed by atoms with E-state index in [0.29, 0.717) is 57.3 Å². The van der Waals surface area contributed by atoms with Gasteiger partial charge >= 0.3 is 11.4 Å². The molecule has 0 radical (unpaired) electrons. The van der Waals surface area contributed by atoms with E-state index in [-0.39, 0.29) is 47.3 Å². The first-order valence-electron chi connectivity index (χ1n) is 17.8. The van der Waals surface area contributed by atoms with E-state index in [4.69, 9.17) is 36.2 Å². The van der Waals surface area contributed by atoms with Crippen molar-refractivity contribution in [2.45, 2.75) is 72.1 Å². The van der Waals surface area contributed by atoms with Gasteiger partial charge in [0.25, 0.3) is 11.1 Å². The Bertz CT molecular complexity index is 2550. The van der Waals surface area contributed by atoms with E-state index in [1.807, 2.05) is 36.4 Å². The van der Waals surface area contributed by atoms with Crippen molar-refractivity contribution in [1.82, 2.24) is 37.4 Å². The third-order valence-electron chi connectivity index (χ3n) is 10.1. The van der Waals surface area contributed by atoms with Gasteiger partial charge in [0.1, 0.15) is 0 Å². The van der Waals surface area contributed by atoms with E-state index in [9.17, 15) is 23.6 Å². The Morgan fingerprint density at radius 2 is 1.15 bits per heavy atom. The molecule has 2 fully saturated rings. The van der Waals surface area contributed by atoms with Crippen LogP contribution in [0.2, 0.25) is 15.3 Å². The van der Waals surface area contributed by atoms with Crippen LogP contribution in [0.4, 0.5) is 4.39 Å². The Morgan fingerprint density at radius 1 is 0.722 bits per heavy atom. The van der Waals surface area contributed by atoms with Gasteiger partial charge in [0.15, 0.2) is 22.3 Å². The predicted molar refractivity (Wildman–Crippen MR) is 213 cm³/mol. The molecule has 8 rings (SSSR count). The molecule has 0 spiro atoms. The largest absolute Gasteiger partial charge is 0.332 e. The quantitative estimate of drug-likeness (QED) is 0.167. The highest BCUT2D eigenvalue weighted by atomic mass is 35.5. The van der Waals surface area contributed by atoms with Gasteiger partial charge in [0.2, 0.25) is 5.28 Å². The Hall–Kier alpha value is -4.46. The number of hydrogen-bond donors (Lipinski definition) is 0. The molecule has 2 saturated carbocycles. The minimum absolute atomic E-state index is 0. The zero-order valence-corrected chi connectivity index (χ0v) is 31.9. The lowest BCUT2D eigenvalue weighted by Gasteiger charge is -2.33. The maximum Gasteiger partial charge on any atom is 0.332 e. The molecule has 0 atom stereocenters. The van der Waals surface area contributed by atoms with Gasteiger partial charge in [-0.05, 0) is 84.5 Å². The summed E-state index contributed by atoms with van der Waals surface area (Å²) in [5, 5.41) is 1.49. The smallest absolute Gasteiger partial charge is 0.320 e. The van der Waals surface area contributed by atoms with Gasteiger partial charge in [-0.2, -0.15) is 4.98 Å². The number of imidazole rings is 2. The molecular weight excluding hydrogens is 758 g/mol. The molecule has 2 aromatic carbocycles. The van der Waals surface area contributed by atoms with Crippen LogP contribution in [0.1, 0.15) is 71.5 Å². The lowest BCUT2D eigenvalue weighted by Crippen LogP contribution is -2.45. The SMILES string of the molecule is C.CC1CC(n2c(=O)c3c(nc(Cl)n3Cc3ccc(Cl)cc3)n(C)c2=O)C1.CC1CC(n2c(=O)c3c(ncn3Cc3ccc(Cl)cc3)n(C)c2=O)C1.[2H]CF. The molecular formula is C38H44Cl3FN8O4.